The molecule has 0 aliphatic carbocycles. The highest BCUT2D eigenvalue weighted by Gasteiger charge is 2.46. The Morgan fingerprint density at radius 2 is 0.980 bits per heavy atom. The third-order valence-corrected chi connectivity index (χ3v) is 8.94. The largest absolute Gasteiger partial charge is 0.499 e. The molecule has 10 nitrogen and oxygen atoms in total. The Hall–Kier alpha value is -1.66. The molecule has 0 aromatic rings. The van der Waals surface area contributed by atoms with E-state index in [9.17, 15) is 10.4 Å². The van der Waals surface area contributed by atoms with E-state index in [-0.39, 0.29) is 68.9 Å². The molecule has 0 saturated carbocycles. The zero-order valence-corrected chi connectivity index (χ0v) is 32.8. The van der Waals surface area contributed by atoms with Gasteiger partial charge in [0.25, 0.3) is 0 Å². The second-order valence-corrected chi connectivity index (χ2v) is 15.5. The molecule has 0 spiro atoms. The van der Waals surface area contributed by atoms with E-state index >= 15 is 0 Å². The second kappa shape index (κ2) is 27.0. The molecule has 308 valence electrons. The van der Waals surface area contributed by atoms with Gasteiger partial charge in [-0.15, -0.1) is 0 Å². The van der Waals surface area contributed by atoms with Crippen LogP contribution in [-0.2, 0) is 28.4 Å². The van der Waals surface area contributed by atoms with Crippen molar-refractivity contribution in [2.75, 3.05) is 26.4 Å². The first kappa shape index (κ1) is 56.1. The van der Waals surface area contributed by atoms with E-state index in [0.717, 1.165) is 44.9 Å². The minimum absolute atomic E-state index is 0. The molecule has 10 heteroatoms. The van der Waals surface area contributed by atoms with Crippen LogP contribution in [0.3, 0.4) is 0 Å². The van der Waals surface area contributed by atoms with E-state index in [1.54, 1.807) is 0 Å². The van der Waals surface area contributed by atoms with Crippen LogP contribution >= 0.6 is 0 Å². The Balaban J connectivity index is -0.000000372. The number of hydrogen-bond donors (Lipinski definition) is 2. The molecule has 0 aromatic heterocycles. The molecule has 2 saturated heterocycles. The molecule has 51 heavy (non-hydrogen) atoms. The van der Waals surface area contributed by atoms with Gasteiger partial charge in [0.1, 0.15) is 19.3 Å². The molecular weight excluding hydrogens is 648 g/mol. The van der Waals surface area contributed by atoms with Crippen LogP contribution in [0.4, 0.5) is 0 Å². The van der Waals surface area contributed by atoms with Gasteiger partial charge in [-0.05, 0) is 101 Å². The lowest BCUT2D eigenvalue weighted by atomic mass is 9.80. The van der Waals surface area contributed by atoms with E-state index < -0.39 is 0 Å². The molecular formula is C41H86N2O8. The average molecular weight is 735 g/mol. The normalized spacial score (nSPS) is 21.1. The van der Waals surface area contributed by atoms with Gasteiger partial charge in [0.05, 0.1) is 56.4 Å². The lowest BCUT2D eigenvalue weighted by Gasteiger charge is -2.51. The predicted molar refractivity (Wildman–Crippen MR) is 214 cm³/mol. The summed E-state index contributed by atoms with van der Waals surface area (Å²) in [6.07, 6.45) is 11.4. The second-order valence-electron chi connectivity index (χ2n) is 15.5. The summed E-state index contributed by atoms with van der Waals surface area (Å²) in [6, 6.07) is 0. The molecule has 3 atom stereocenters. The van der Waals surface area contributed by atoms with Crippen LogP contribution in [0.1, 0.15) is 150 Å². The third-order valence-electron chi connectivity index (χ3n) is 8.94. The molecule has 0 bridgehead atoms. The van der Waals surface area contributed by atoms with Crippen LogP contribution in [-0.4, -0.2) is 99.6 Å². The SMILES string of the molecule is C.C.C.C=COC1CC(C)(C)N(O)C(C)(C)C1.C=COCCOC=C.CCC(C)OCCOC(C)CC(CC)OC1CC(C)(C)N(O)C(C)(C)C1. The standard InChI is InChI=1S/C21H43NO4.C11H21NO2.C6H10O2.3CH4/c1-9-16(3)24-11-12-25-17(4)13-18(10-2)26-19-14-20(5,6)22(23)21(7,8)15-19;1-6-14-9-7-10(2,3)12(13)11(4,5)8-9;1-3-7-5-6-8-4-2;;;/h16-19,23H,9-15H2,1-8H3;6,9,13H,1,7-8H2,2-5H3;3-4H,1-2,5-6H2;3*1H4. The van der Waals surface area contributed by atoms with E-state index in [0.29, 0.717) is 32.5 Å². The molecule has 0 radical (unpaired) electrons. The lowest BCUT2D eigenvalue weighted by Crippen LogP contribution is -2.60. The number of nitrogens with zero attached hydrogens (tertiary/aromatic N) is 2. The van der Waals surface area contributed by atoms with Gasteiger partial charge in [-0.25, -0.2) is 0 Å². The number of piperidine rings is 2. The Morgan fingerprint density at radius 3 is 1.31 bits per heavy atom. The lowest BCUT2D eigenvalue weighted by molar-refractivity contribution is -0.265. The Labute approximate surface area is 316 Å². The van der Waals surface area contributed by atoms with Gasteiger partial charge < -0.3 is 38.8 Å². The summed E-state index contributed by atoms with van der Waals surface area (Å²) in [5, 5.41) is 23.4. The molecule has 2 fully saturated rings. The Morgan fingerprint density at radius 1 is 0.608 bits per heavy atom. The fourth-order valence-electron chi connectivity index (χ4n) is 6.59. The maximum absolute atomic E-state index is 10.4. The summed E-state index contributed by atoms with van der Waals surface area (Å²) in [6.45, 7) is 37.5. The van der Waals surface area contributed by atoms with Crippen molar-refractivity contribution in [2.45, 2.75) is 203 Å². The average Bonchev–Trinajstić information content (AvgIpc) is 2.99. The van der Waals surface area contributed by atoms with Crippen molar-refractivity contribution in [3.63, 3.8) is 0 Å². The van der Waals surface area contributed by atoms with Gasteiger partial charge in [-0.3, -0.25) is 0 Å². The molecule has 2 heterocycles. The summed E-state index contributed by atoms with van der Waals surface area (Å²) in [4.78, 5) is 0. The minimum atomic E-state index is -0.278. The van der Waals surface area contributed by atoms with Crippen LogP contribution in [0, 0.1) is 0 Å². The van der Waals surface area contributed by atoms with Crippen molar-refractivity contribution in [2.24, 2.45) is 0 Å². The quantitative estimate of drug-likeness (QED) is 0.104. The summed E-state index contributed by atoms with van der Waals surface area (Å²) < 4.78 is 32.9. The topological polar surface area (TPSA) is 102 Å². The third kappa shape index (κ3) is 21.6. The Kier molecular flexibility index (Phi) is 29.7. The van der Waals surface area contributed by atoms with Gasteiger partial charge in [0.15, 0.2) is 0 Å². The number of hydrogen-bond acceptors (Lipinski definition) is 10. The van der Waals surface area contributed by atoms with Gasteiger partial charge in [-0.1, -0.05) is 55.9 Å². The molecule has 2 aliphatic rings. The predicted octanol–water partition coefficient (Wildman–Crippen LogP) is 10.6. The summed E-state index contributed by atoms with van der Waals surface area (Å²) in [5.74, 6) is 0. The summed E-state index contributed by atoms with van der Waals surface area (Å²) >= 11 is 0. The van der Waals surface area contributed by atoms with E-state index in [4.69, 9.17) is 28.4 Å². The van der Waals surface area contributed by atoms with E-state index in [1.165, 1.54) is 28.9 Å². The summed E-state index contributed by atoms with van der Waals surface area (Å²) in [5.41, 5.74) is -1.04. The van der Waals surface area contributed by atoms with E-state index in [1.807, 2.05) is 27.7 Å². The van der Waals surface area contributed by atoms with Crippen LogP contribution in [0.2, 0.25) is 0 Å². The number of hydroxylamine groups is 4. The van der Waals surface area contributed by atoms with Crippen molar-refractivity contribution < 1.29 is 38.8 Å². The maximum atomic E-state index is 10.4. The first-order chi connectivity index (χ1) is 22.2. The monoisotopic (exact) mass is 735 g/mol. The van der Waals surface area contributed by atoms with Crippen molar-refractivity contribution in [3.8, 4) is 0 Å². The minimum Gasteiger partial charge on any atom is -0.499 e. The van der Waals surface area contributed by atoms with Crippen molar-refractivity contribution in [1.29, 1.82) is 0 Å². The maximum Gasteiger partial charge on any atom is 0.121 e. The first-order valence-electron chi connectivity index (χ1n) is 17.8. The van der Waals surface area contributed by atoms with Crippen molar-refractivity contribution >= 4 is 0 Å². The fourth-order valence-corrected chi connectivity index (χ4v) is 6.59. The van der Waals surface area contributed by atoms with E-state index in [2.05, 4.69) is 75.1 Å². The molecule has 2 N–H and O–H groups in total. The van der Waals surface area contributed by atoms with Crippen molar-refractivity contribution in [1.82, 2.24) is 10.1 Å². The first-order valence-corrected chi connectivity index (χ1v) is 17.8. The smallest absolute Gasteiger partial charge is 0.121 e. The van der Waals surface area contributed by atoms with Crippen LogP contribution in [0.5, 0.6) is 0 Å². The van der Waals surface area contributed by atoms with Gasteiger partial charge in [0.2, 0.25) is 0 Å². The van der Waals surface area contributed by atoms with Gasteiger partial charge in [-0.2, -0.15) is 10.1 Å². The van der Waals surface area contributed by atoms with Crippen LogP contribution in [0.25, 0.3) is 0 Å². The highest BCUT2D eigenvalue weighted by atomic mass is 16.5. The van der Waals surface area contributed by atoms with Crippen molar-refractivity contribution in [3.05, 3.63) is 38.5 Å². The molecule has 0 aromatic carbocycles. The highest BCUT2D eigenvalue weighted by Crippen LogP contribution is 2.39. The molecule has 2 aliphatic heterocycles. The highest BCUT2D eigenvalue weighted by molar-refractivity contribution is 4.98. The zero-order valence-electron chi connectivity index (χ0n) is 32.8. The fraction of sp³-hybridized carbons (Fsp3) is 0.854. The number of rotatable bonds is 18. The van der Waals surface area contributed by atoms with Gasteiger partial charge >= 0.3 is 0 Å². The Bertz CT molecular complexity index is 849. The van der Waals surface area contributed by atoms with Crippen LogP contribution in [0.15, 0.2) is 38.5 Å². The molecule has 0 amide bonds. The number of ether oxygens (including phenoxy) is 6. The zero-order chi connectivity index (χ0) is 37.2. The molecule has 2 rings (SSSR count). The summed E-state index contributed by atoms with van der Waals surface area (Å²) in [7, 11) is 0. The van der Waals surface area contributed by atoms with Crippen LogP contribution < -0.4 is 0 Å². The molecule has 3 unspecified atom stereocenters. The van der Waals surface area contributed by atoms with Gasteiger partial charge in [0, 0.05) is 35.0 Å².